The molecule has 0 radical (unpaired) electrons. The van der Waals surface area contributed by atoms with E-state index in [1.807, 2.05) is 17.0 Å². The second kappa shape index (κ2) is 8.20. The first-order chi connectivity index (χ1) is 14.1. The molecule has 1 aromatic carbocycles. The summed E-state index contributed by atoms with van der Waals surface area (Å²) in [6.45, 7) is 3.27. The normalized spacial score (nSPS) is 14.6. The maximum atomic E-state index is 12.6. The van der Waals surface area contributed by atoms with Crippen LogP contribution in [0.15, 0.2) is 47.2 Å². The molecule has 146 valence electrons. The average Bonchev–Trinajstić information content (AvgIpc) is 3.22. The molecule has 0 spiro atoms. The molecule has 1 aliphatic heterocycles. The number of piperazine rings is 1. The molecule has 0 unspecified atom stereocenters. The lowest BCUT2D eigenvalue weighted by molar-refractivity contribution is 0.0664. The lowest BCUT2D eigenvalue weighted by Gasteiger charge is -2.32. The van der Waals surface area contributed by atoms with Crippen LogP contribution in [0.25, 0.3) is 11.4 Å². The summed E-state index contributed by atoms with van der Waals surface area (Å²) in [5.41, 5.74) is 2.75. The van der Waals surface area contributed by atoms with Crippen LogP contribution < -0.4 is 0 Å². The number of rotatable bonds is 4. The largest absolute Gasteiger partial charge is 0.339 e. The topological polar surface area (TPSA) is 99.1 Å². The van der Waals surface area contributed by atoms with E-state index in [1.165, 1.54) is 6.20 Å². The van der Waals surface area contributed by atoms with Gasteiger partial charge in [0.25, 0.3) is 5.91 Å². The first kappa shape index (κ1) is 18.8. The van der Waals surface area contributed by atoms with Crippen molar-refractivity contribution >= 4 is 5.91 Å². The van der Waals surface area contributed by atoms with E-state index < -0.39 is 0 Å². The number of amides is 1. The molecule has 0 bridgehead atoms. The highest BCUT2D eigenvalue weighted by molar-refractivity contribution is 5.94. The van der Waals surface area contributed by atoms with Crippen molar-refractivity contribution in [2.45, 2.75) is 6.42 Å². The van der Waals surface area contributed by atoms with Gasteiger partial charge in [-0.15, -0.1) is 0 Å². The van der Waals surface area contributed by atoms with E-state index in [9.17, 15) is 4.79 Å². The third kappa shape index (κ3) is 4.31. The standard InChI is InChI=1S/C21H20N6O2/c1-26-6-8-27(9-7-26)21(28)18-4-2-17(3-5-18)20-24-19(29-25-20)11-15-10-16(12-22)14-23-13-15/h2-5,10,13-14H,6-9,11H2,1H3. The second-order valence-corrected chi connectivity index (χ2v) is 7.05. The number of carbonyl (C=O) groups is 1. The number of benzene rings is 1. The van der Waals surface area contributed by atoms with Gasteiger partial charge in [-0.05, 0) is 30.8 Å². The summed E-state index contributed by atoms with van der Waals surface area (Å²) in [4.78, 5) is 25.2. The lowest BCUT2D eigenvalue weighted by Crippen LogP contribution is -2.47. The van der Waals surface area contributed by atoms with Crippen molar-refractivity contribution in [2.24, 2.45) is 0 Å². The van der Waals surface area contributed by atoms with Crippen molar-refractivity contribution in [1.29, 1.82) is 5.26 Å². The van der Waals surface area contributed by atoms with Gasteiger partial charge in [0.2, 0.25) is 11.7 Å². The Morgan fingerprint density at radius 1 is 1.17 bits per heavy atom. The van der Waals surface area contributed by atoms with Crippen molar-refractivity contribution in [3.63, 3.8) is 0 Å². The first-order valence-corrected chi connectivity index (χ1v) is 9.37. The predicted octanol–water partition coefficient (Wildman–Crippen LogP) is 1.98. The molecule has 3 heterocycles. The molecule has 0 N–H and O–H groups in total. The molecule has 2 aromatic heterocycles. The van der Waals surface area contributed by atoms with Gasteiger partial charge in [0.15, 0.2) is 0 Å². The fraction of sp³-hybridized carbons (Fsp3) is 0.286. The van der Waals surface area contributed by atoms with Crippen LogP contribution in [0, 0.1) is 11.3 Å². The van der Waals surface area contributed by atoms with E-state index in [0.29, 0.717) is 29.3 Å². The summed E-state index contributed by atoms with van der Waals surface area (Å²) in [6, 6.07) is 11.1. The van der Waals surface area contributed by atoms with Gasteiger partial charge in [-0.1, -0.05) is 17.3 Å². The molecule has 0 atom stereocenters. The van der Waals surface area contributed by atoms with Gasteiger partial charge >= 0.3 is 0 Å². The summed E-state index contributed by atoms with van der Waals surface area (Å²) >= 11 is 0. The van der Waals surface area contributed by atoms with Crippen molar-refractivity contribution < 1.29 is 9.32 Å². The highest BCUT2D eigenvalue weighted by atomic mass is 16.5. The van der Waals surface area contributed by atoms with Gasteiger partial charge in [0.05, 0.1) is 12.0 Å². The molecular formula is C21H20N6O2. The number of nitrogens with zero attached hydrogens (tertiary/aromatic N) is 6. The highest BCUT2D eigenvalue weighted by Gasteiger charge is 2.20. The maximum absolute atomic E-state index is 12.6. The zero-order valence-corrected chi connectivity index (χ0v) is 16.1. The summed E-state index contributed by atoms with van der Waals surface area (Å²) in [5, 5.41) is 13.0. The number of aromatic nitrogens is 3. The van der Waals surface area contributed by atoms with Crippen LogP contribution in [0.3, 0.4) is 0 Å². The Morgan fingerprint density at radius 3 is 2.66 bits per heavy atom. The van der Waals surface area contributed by atoms with E-state index in [0.717, 1.165) is 37.3 Å². The zero-order valence-electron chi connectivity index (χ0n) is 16.1. The molecular weight excluding hydrogens is 368 g/mol. The fourth-order valence-corrected chi connectivity index (χ4v) is 3.22. The van der Waals surface area contributed by atoms with Crippen molar-refractivity contribution in [2.75, 3.05) is 33.2 Å². The Labute approximate surface area is 168 Å². The van der Waals surface area contributed by atoms with E-state index in [2.05, 4.69) is 33.1 Å². The van der Waals surface area contributed by atoms with Gasteiger partial charge in [-0.25, -0.2) is 0 Å². The van der Waals surface area contributed by atoms with Crippen LogP contribution in [0.4, 0.5) is 0 Å². The third-order valence-electron chi connectivity index (χ3n) is 4.93. The molecule has 8 heteroatoms. The Hall–Kier alpha value is -3.57. The van der Waals surface area contributed by atoms with Crippen LogP contribution in [-0.4, -0.2) is 64.1 Å². The van der Waals surface area contributed by atoms with Crippen molar-refractivity contribution in [3.05, 3.63) is 65.3 Å². The lowest BCUT2D eigenvalue weighted by atomic mass is 10.1. The quantitative estimate of drug-likeness (QED) is 0.674. The second-order valence-electron chi connectivity index (χ2n) is 7.05. The first-order valence-electron chi connectivity index (χ1n) is 9.37. The molecule has 8 nitrogen and oxygen atoms in total. The summed E-state index contributed by atoms with van der Waals surface area (Å²) in [5.74, 6) is 0.945. The summed E-state index contributed by atoms with van der Waals surface area (Å²) in [7, 11) is 2.06. The Kier molecular flexibility index (Phi) is 5.31. The Balaban J connectivity index is 1.44. The number of nitriles is 1. The molecule has 29 heavy (non-hydrogen) atoms. The van der Waals surface area contributed by atoms with Crippen LogP contribution >= 0.6 is 0 Å². The van der Waals surface area contributed by atoms with Crippen LogP contribution in [0.1, 0.15) is 27.4 Å². The number of carbonyl (C=O) groups excluding carboxylic acids is 1. The molecule has 0 saturated carbocycles. The minimum atomic E-state index is 0.0447. The number of likely N-dealkylation sites (N-methyl/N-ethyl adjacent to an activating group) is 1. The molecule has 1 amide bonds. The van der Waals surface area contributed by atoms with E-state index in [4.69, 9.17) is 9.78 Å². The molecule has 1 aliphatic rings. The Bertz CT molecular complexity index is 1050. The molecule has 1 fully saturated rings. The van der Waals surface area contributed by atoms with Crippen molar-refractivity contribution in [1.82, 2.24) is 24.9 Å². The average molecular weight is 388 g/mol. The van der Waals surface area contributed by atoms with Crippen LogP contribution in [0.2, 0.25) is 0 Å². The SMILES string of the molecule is CN1CCN(C(=O)c2ccc(-c3noc(Cc4cncc(C#N)c4)n3)cc2)CC1. The maximum Gasteiger partial charge on any atom is 0.253 e. The monoisotopic (exact) mass is 388 g/mol. The van der Waals surface area contributed by atoms with Gasteiger partial charge < -0.3 is 14.3 Å². The van der Waals surface area contributed by atoms with Crippen LogP contribution in [0.5, 0.6) is 0 Å². The minimum absolute atomic E-state index is 0.0447. The number of hydrogen-bond donors (Lipinski definition) is 0. The van der Waals surface area contributed by atoms with E-state index >= 15 is 0 Å². The highest BCUT2D eigenvalue weighted by Crippen LogP contribution is 2.19. The van der Waals surface area contributed by atoms with E-state index in [-0.39, 0.29) is 5.91 Å². The number of hydrogen-bond acceptors (Lipinski definition) is 7. The van der Waals surface area contributed by atoms with Gasteiger partial charge in [-0.3, -0.25) is 9.78 Å². The van der Waals surface area contributed by atoms with E-state index in [1.54, 1.807) is 24.4 Å². The third-order valence-corrected chi connectivity index (χ3v) is 4.93. The fourth-order valence-electron chi connectivity index (χ4n) is 3.22. The molecule has 4 rings (SSSR count). The van der Waals surface area contributed by atoms with Gasteiger partial charge in [0, 0.05) is 49.7 Å². The summed E-state index contributed by atoms with van der Waals surface area (Å²) in [6.07, 6.45) is 3.58. The van der Waals surface area contributed by atoms with Crippen molar-refractivity contribution in [3.8, 4) is 17.5 Å². The number of pyridine rings is 1. The van der Waals surface area contributed by atoms with Crippen LogP contribution in [-0.2, 0) is 6.42 Å². The Morgan fingerprint density at radius 2 is 1.93 bits per heavy atom. The minimum Gasteiger partial charge on any atom is -0.339 e. The zero-order chi connectivity index (χ0) is 20.2. The molecule has 1 saturated heterocycles. The molecule has 0 aliphatic carbocycles. The predicted molar refractivity (Wildman–Crippen MR) is 105 cm³/mol. The summed E-state index contributed by atoms with van der Waals surface area (Å²) < 4.78 is 5.33. The molecule has 3 aromatic rings. The van der Waals surface area contributed by atoms with Gasteiger partial charge in [-0.2, -0.15) is 10.2 Å². The smallest absolute Gasteiger partial charge is 0.253 e. The van der Waals surface area contributed by atoms with Gasteiger partial charge in [0.1, 0.15) is 6.07 Å².